The van der Waals surface area contributed by atoms with E-state index in [2.05, 4.69) is 52.6 Å². The maximum absolute atomic E-state index is 5.94. The molecule has 108 valence electrons. The fourth-order valence-corrected chi connectivity index (χ4v) is 2.04. The van der Waals surface area contributed by atoms with Crippen LogP contribution in [0.1, 0.15) is 59.2 Å². The van der Waals surface area contributed by atoms with Crippen molar-refractivity contribution in [1.29, 1.82) is 0 Å². The van der Waals surface area contributed by atoms with Gasteiger partial charge in [0, 0.05) is 18.0 Å². The van der Waals surface area contributed by atoms with Gasteiger partial charge in [-0.1, -0.05) is 34.6 Å². The second-order valence-corrected chi connectivity index (χ2v) is 6.71. The monoisotopic (exact) mass is 264 g/mol. The van der Waals surface area contributed by atoms with E-state index in [1.807, 2.05) is 6.07 Å². The van der Waals surface area contributed by atoms with E-state index in [4.69, 9.17) is 10.5 Å². The molecule has 3 heteroatoms. The molecular formula is C16H28N2O. The molecular weight excluding hydrogens is 236 g/mol. The largest absolute Gasteiger partial charge is 0.475 e. The highest BCUT2D eigenvalue weighted by atomic mass is 16.5. The summed E-state index contributed by atoms with van der Waals surface area (Å²) in [5.74, 6) is 1.32. The Bertz CT molecular complexity index is 408. The van der Waals surface area contributed by atoms with E-state index < -0.39 is 0 Å². The van der Waals surface area contributed by atoms with Gasteiger partial charge in [-0.2, -0.15) is 0 Å². The molecule has 0 bridgehead atoms. The first kappa shape index (κ1) is 16.0. The fourth-order valence-electron chi connectivity index (χ4n) is 2.04. The van der Waals surface area contributed by atoms with Gasteiger partial charge in [-0.15, -0.1) is 0 Å². The van der Waals surface area contributed by atoms with Crippen molar-refractivity contribution in [3.8, 4) is 5.88 Å². The lowest BCUT2D eigenvalue weighted by molar-refractivity contribution is 0.184. The highest BCUT2D eigenvalue weighted by molar-refractivity contribution is 5.28. The van der Waals surface area contributed by atoms with Crippen LogP contribution in [-0.4, -0.2) is 11.1 Å². The second kappa shape index (κ2) is 6.38. The molecule has 0 fully saturated rings. The van der Waals surface area contributed by atoms with E-state index in [-0.39, 0.29) is 11.5 Å². The van der Waals surface area contributed by atoms with E-state index in [1.165, 1.54) is 0 Å². The number of hydrogen-bond donors (Lipinski definition) is 1. The average molecular weight is 264 g/mol. The topological polar surface area (TPSA) is 48.1 Å². The number of rotatable bonds is 5. The molecule has 1 heterocycles. The Morgan fingerprint density at radius 2 is 1.84 bits per heavy atom. The lowest BCUT2D eigenvalue weighted by Crippen LogP contribution is -2.19. The molecule has 0 spiro atoms. The van der Waals surface area contributed by atoms with Crippen LogP contribution in [-0.2, 0) is 12.0 Å². The highest BCUT2D eigenvalue weighted by Crippen LogP contribution is 2.25. The molecule has 0 amide bonds. The van der Waals surface area contributed by atoms with Crippen molar-refractivity contribution in [2.45, 2.75) is 66.0 Å². The zero-order chi connectivity index (χ0) is 14.6. The molecule has 0 saturated carbocycles. The normalized spacial score (nSPS) is 13.7. The highest BCUT2D eigenvalue weighted by Gasteiger charge is 2.18. The summed E-state index contributed by atoms with van der Waals surface area (Å²) < 4.78 is 5.94. The molecule has 3 nitrogen and oxygen atoms in total. The summed E-state index contributed by atoms with van der Waals surface area (Å²) in [4.78, 5) is 4.62. The van der Waals surface area contributed by atoms with Crippen molar-refractivity contribution in [1.82, 2.24) is 4.98 Å². The summed E-state index contributed by atoms with van der Waals surface area (Å²) in [5, 5.41) is 0. The number of aromatic nitrogens is 1. The summed E-state index contributed by atoms with van der Waals surface area (Å²) in [6.07, 6.45) is 1.20. The van der Waals surface area contributed by atoms with Gasteiger partial charge >= 0.3 is 0 Å². The Morgan fingerprint density at radius 3 is 2.32 bits per heavy atom. The van der Waals surface area contributed by atoms with Crippen LogP contribution in [0.3, 0.4) is 0 Å². The molecule has 0 aliphatic rings. The zero-order valence-corrected chi connectivity index (χ0v) is 13.2. The summed E-state index contributed by atoms with van der Waals surface area (Å²) in [6, 6.07) is 4.02. The van der Waals surface area contributed by atoms with E-state index in [0.717, 1.165) is 17.7 Å². The lowest BCUT2D eigenvalue weighted by atomic mass is 9.91. The van der Waals surface area contributed by atoms with Crippen molar-refractivity contribution in [2.75, 3.05) is 0 Å². The fraction of sp³-hybridized carbons (Fsp3) is 0.688. The first-order valence-corrected chi connectivity index (χ1v) is 7.10. The van der Waals surface area contributed by atoms with Crippen LogP contribution >= 0.6 is 0 Å². The van der Waals surface area contributed by atoms with Crippen molar-refractivity contribution >= 4 is 0 Å². The molecule has 1 atom stereocenters. The molecule has 19 heavy (non-hydrogen) atoms. The Kier molecular flexibility index (Phi) is 5.36. The SMILES string of the molecule is CC(C)CC(C)Oc1cc(CN)cc(C(C)(C)C)n1. The number of nitrogens with two attached hydrogens (primary N) is 1. The molecule has 1 unspecified atom stereocenters. The Hall–Kier alpha value is -1.09. The van der Waals surface area contributed by atoms with Crippen LogP contribution in [0, 0.1) is 5.92 Å². The average Bonchev–Trinajstić information content (AvgIpc) is 2.25. The van der Waals surface area contributed by atoms with Crippen molar-refractivity contribution in [2.24, 2.45) is 11.7 Å². The van der Waals surface area contributed by atoms with E-state index in [1.54, 1.807) is 0 Å². The van der Waals surface area contributed by atoms with Crippen LogP contribution < -0.4 is 10.5 Å². The van der Waals surface area contributed by atoms with Gasteiger partial charge in [-0.05, 0) is 30.9 Å². The number of pyridine rings is 1. The van der Waals surface area contributed by atoms with Crippen LogP contribution in [0.25, 0.3) is 0 Å². The zero-order valence-electron chi connectivity index (χ0n) is 13.2. The maximum Gasteiger partial charge on any atom is 0.214 e. The quantitative estimate of drug-likeness (QED) is 0.883. The van der Waals surface area contributed by atoms with Crippen molar-refractivity contribution < 1.29 is 4.74 Å². The number of ether oxygens (including phenoxy) is 1. The molecule has 0 saturated heterocycles. The minimum absolute atomic E-state index is 0.00454. The van der Waals surface area contributed by atoms with Crippen LogP contribution in [0.15, 0.2) is 12.1 Å². The third kappa shape index (κ3) is 5.19. The van der Waals surface area contributed by atoms with Crippen LogP contribution in [0.5, 0.6) is 5.88 Å². The third-order valence-electron chi connectivity index (χ3n) is 2.99. The standard InChI is InChI=1S/C16H28N2O/c1-11(2)7-12(3)19-15-9-13(10-17)8-14(18-15)16(4,5)6/h8-9,11-12H,7,10,17H2,1-6H3. The van der Waals surface area contributed by atoms with Gasteiger partial charge in [0.1, 0.15) is 0 Å². The van der Waals surface area contributed by atoms with Gasteiger partial charge in [0.25, 0.3) is 0 Å². The summed E-state index contributed by atoms with van der Waals surface area (Å²) >= 11 is 0. The number of nitrogens with zero attached hydrogens (tertiary/aromatic N) is 1. The minimum atomic E-state index is 0.00454. The predicted octanol–water partition coefficient (Wildman–Crippen LogP) is 3.65. The Balaban J connectivity index is 2.94. The summed E-state index contributed by atoms with van der Waals surface area (Å²) in [5.41, 5.74) is 7.87. The van der Waals surface area contributed by atoms with Gasteiger partial charge in [0.15, 0.2) is 0 Å². The van der Waals surface area contributed by atoms with Gasteiger partial charge < -0.3 is 10.5 Å². The number of hydrogen-bond acceptors (Lipinski definition) is 3. The molecule has 0 radical (unpaired) electrons. The van der Waals surface area contributed by atoms with Crippen molar-refractivity contribution in [3.05, 3.63) is 23.4 Å². The maximum atomic E-state index is 5.94. The lowest BCUT2D eigenvalue weighted by Gasteiger charge is -2.21. The first-order chi connectivity index (χ1) is 8.72. The molecule has 2 N–H and O–H groups in total. The van der Waals surface area contributed by atoms with Gasteiger partial charge in [-0.25, -0.2) is 4.98 Å². The second-order valence-electron chi connectivity index (χ2n) is 6.71. The molecule has 1 aromatic heterocycles. The minimum Gasteiger partial charge on any atom is -0.475 e. The first-order valence-electron chi connectivity index (χ1n) is 7.10. The summed E-state index contributed by atoms with van der Waals surface area (Å²) in [7, 11) is 0. The van der Waals surface area contributed by atoms with Crippen LogP contribution in [0.4, 0.5) is 0 Å². The molecule has 0 aliphatic heterocycles. The Labute approximate surface area is 117 Å². The van der Waals surface area contributed by atoms with Crippen LogP contribution in [0.2, 0.25) is 0 Å². The van der Waals surface area contributed by atoms with E-state index in [9.17, 15) is 0 Å². The van der Waals surface area contributed by atoms with E-state index in [0.29, 0.717) is 18.3 Å². The van der Waals surface area contributed by atoms with Gasteiger partial charge in [0.05, 0.1) is 11.8 Å². The van der Waals surface area contributed by atoms with Gasteiger partial charge in [0.2, 0.25) is 5.88 Å². The van der Waals surface area contributed by atoms with E-state index >= 15 is 0 Å². The van der Waals surface area contributed by atoms with Crippen molar-refractivity contribution in [3.63, 3.8) is 0 Å². The third-order valence-corrected chi connectivity index (χ3v) is 2.99. The molecule has 1 aromatic rings. The predicted molar refractivity (Wildman–Crippen MR) is 80.4 cm³/mol. The summed E-state index contributed by atoms with van der Waals surface area (Å²) in [6.45, 7) is 13.5. The Morgan fingerprint density at radius 1 is 1.21 bits per heavy atom. The molecule has 1 rings (SSSR count). The van der Waals surface area contributed by atoms with Gasteiger partial charge in [-0.3, -0.25) is 0 Å². The molecule has 0 aromatic carbocycles. The molecule has 0 aliphatic carbocycles. The smallest absolute Gasteiger partial charge is 0.214 e.